The fraction of sp³-hybridized carbons (Fsp3) is 0.571. The zero-order chi connectivity index (χ0) is 13.4. The summed E-state index contributed by atoms with van der Waals surface area (Å²) in [6.45, 7) is 6.05. The highest BCUT2D eigenvalue weighted by molar-refractivity contribution is 5.22. The molecular weight excluding hydrogens is 240 g/mol. The van der Waals surface area contributed by atoms with E-state index in [1.165, 1.54) is 24.0 Å². The predicted octanol–water partition coefficient (Wildman–Crippen LogP) is 2.36. The molecule has 1 fully saturated rings. The molecule has 0 aromatic carbocycles. The van der Waals surface area contributed by atoms with Crippen LogP contribution >= 0.6 is 0 Å². The summed E-state index contributed by atoms with van der Waals surface area (Å²) in [7, 11) is 1.97. The van der Waals surface area contributed by atoms with E-state index in [-0.39, 0.29) is 0 Å². The molecule has 1 aliphatic heterocycles. The molecule has 0 saturated carbocycles. The van der Waals surface area contributed by atoms with Crippen molar-refractivity contribution in [2.45, 2.75) is 39.3 Å². The monoisotopic (exact) mass is 260 g/mol. The van der Waals surface area contributed by atoms with Crippen molar-refractivity contribution in [3.05, 3.63) is 35.0 Å². The first kappa shape index (κ1) is 12.4. The molecule has 102 valence electrons. The lowest BCUT2D eigenvalue weighted by Gasteiger charge is -2.23. The molecule has 1 aliphatic rings. The second-order valence-corrected chi connectivity index (χ2v) is 5.38. The molecule has 1 unspecified atom stereocenters. The number of likely N-dealkylation sites (tertiary alicyclic amines) is 1. The molecule has 0 bridgehead atoms. The van der Waals surface area contributed by atoms with Gasteiger partial charge in [0.15, 0.2) is 0 Å². The first-order chi connectivity index (χ1) is 9.15. The lowest BCUT2D eigenvalue weighted by Crippen LogP contribution is -2.23. The minimum absolute atomic E-state index is 0.474. The molecule has 3 heterocycles. The molecule has 19 heavy (non-hydrogen) atoms. The minimum atomic E-state index is 0.474. The van der Waals surface area contributed by atoms with Crippen LogP contribution in [0.5, 0.6) is 0 Å². The Morgan fingerprint density at radius 3 is 2.89 bits per heavy atom. The summed E-state index contributed by atoms with van der Waals surface area (Å²) in [5.74, 6) is 0.939. The van der Waals surface area contributed by atoms with Crippen LogP contribution in [0.15, 0.2) is 16.9 Å². The van der Waals surface area contributed by atoms with E-state index in [2.05, 4.69) is 21.4 Å². The Hall–Kier alpha value is -1.62. The van der Waals surface area contributed by atoms with Crippen LogP contribution in [0.3, 0.4) is 0 Å². The van der Waals surface area contributed by atoms with Crippen LogP contribution in [-0.4, -0.2) is 26.4 Å². The summed E-state index contributed by atoms with van der Waals surface area (Å²) in [6.07, 6.45) is 6.55. The van der Waals surface area contributed by atoms with Gasteiger partial charge in [0, 0.05) is 37.0 Å². The van der Waals surface area contributed by atoms with Crippen LogP contribution in [-0.2, 0) is 13.6 Å². The Morgan fingerprint density at radius 2 is 2.26 bits per heavy atom. The highest BCUT2D eigenvalue weighted by Gasteiger charge is 2.28. The summed E-state index contributed by atoms with van der Waals surface area (Å²) >= 11 is 0. The second-order valence-electron chi connectivity index (χ2n) is 5.38. The van der Waals surface area contributed by atoms with Gasteiger partial charge in [-0.3, -0.25) is 9.58 Å². The van der Waals surface area contributed by atoms with Gasteiger partial charge in [0.2, 0.25) is 0 Å². The lowest BCUT2D eigenvalue weighted by molar-refractivity contribution is 0.246. The zero-order valence-electron chi connectivity index (χ0n) is 11.8. The molecule has 1 atom stereocenters. The minimum Gasteiger partial charge on any atom is -0.361 e. The lowest BCUT2D eigenvalue weighted by atomic mass is 10.1. The quantitative estimate of drug-likeness (QED) is 0.850. The molecule has 0 spiro atoms. The average molecular weight is 260 g/mol. The number of aromatic nitrogens is 3. The number of rotatable bonds is 3. The van der Waals surface area contributed by atoms with Crippen molar-refractivity contribution in [3.63, 3.8) is 0 Å². The number of aryl methyl sites for hydroxylation is 3. The Kier molecular flexibility index (Phi) is 3.14. The summed E-state index contributed by atoms with van der Waals surface area (Å²) in [4.78, 5) is 2.50. The van der Waals surface area contributed by atoms with E-state index in [0.29, 0.717) is 6.04 Å². The van der Waals surface area contributed by atoms with Gasteiger partial charge in [-0.15, -0.1) is 0 Å². The average Bonchev–Trinajstić information content (AvgIpc) is 3.06. The Balaban J connectivity index is 1.80. The standard InChI is InChI=1S/C14H20N4O/c1-10-13(11(2)19-16-10)9-18-6-4-5-14(18)12-7-15-17(3)8-12/h7-8,14H,4-6,9H2,1-3H3. The first-order valence-corrected chi connectivity index (χ1v) is 6.79. The van der Waals surface area contributed by atoms with Gasteiger partial charge in [0.25, 0.3) is 0 Å². The molecular formula is C14H20N4O. The van der Waals surface area contributed by atoms with Crippen molar-refractivity contribution < 1.29 is 4.52 Å². The maximum Gasteiger partial charge on any atom is 0.138 e. The Bertz CT molecular complexity index is 552. The SMILES string of the molecule is Cc1noc(C)c1CN1CCCC1c1cnn(C)c1. The molecule has 0 radical (unpaired) electrons. The molecule has 0 amide bonds. The van der Waals surface area contributed by atoms with Crippen molar-refractivity contribution in [2.75, 3.05) is 6.54 Å². The van der Waals surface area contributed by atoms with Crippen molar-refractivity contribution in [2.24, 2.45) is 7.05 Å². The third-order valence-corrected chi connectivity index (χ3v) is 4.02. The molecule has 0 aliphatic carbocycles. The Labute approximate surface area is 113 Å². The largest absolute Gasteiger partial charge is 0.361 e. The van der Waals surface area contributed by atoms with Gasteiger partial charge in [-0.1, -0.05) is 5.16 Å². The maximum absolute atomic E-state index is 5.26. The van der Waals surface area contributed by atoms with Crippen molar-refractivity contribution >= 4 is 0 Å². The van der Waals surface area contributed by atoms with Crippen LogP contribution in [0.25, 0.3) is 0 Å². The highest BCUT2D eigenvalue weighted by atomic mass is 16.5. The fourth-order valence-corrected chi connectivity index (χ4v) is 2.94. The van der Waals surface area contributed by atoms with Gasteiger partial charge in [-0.2, -0.15) is 5.10 Å². The van der Waals surface area contributed by atoms with Crippen LogP contribution < -0.4 is 0 Å². The van der Waals surface area contributed by atoms with Gasteiger partial charge < -0.3 is 4.52 Å². The van der Waals surface area contributed by atoms with Crippen LogP contribution in [0.4, 0.5) is 0 Å². The van der Waals surface area contributed by atoms with Gasteiger partial charge in [-0.05, 0) is 33.2 Å². The summed E-state index contributed by atoms with van der Waals surface area (Å²) < 4.78 is 7.13. The summed E-state index contributed by atoms with van der Waals surface area (Å²) in [5, 5.41) is 8.33. The molecule has 2 aromatic rings. The van der Waals surface area contributed by atoms with E-state index in [4.69, 9.17) is 4.52 Å². The van der Waals surface area contributed by atoms with Gasteiger partial charge >= 0.3 is 0 Å². The number of nitrogens with zero attached hydrogens (tertiary/aromatic N) is 4. The molecule has 2 aromatic heterocycles. The van der Waals surface area contributed by atoms with Gasteiger partial charge in [0.05, 0.1) is 11.9 Å². The summed E-state index contributed by atoms with van der Waals surface area (Å²) in [5.41, 5.74) is 3.55. The van der Waals surface area contributed by atoms with E-state index in [1.54, 1.807) is 0 Å². The van der Waals surface area contributed by atoms with Gasteiger partial charge in [0.1, 0.15) is 5.76 Å². The van der Waals surface area contributed by atoms with Crippen LogP contribution in [0.2, 0.25) is 0 Å². The van der Waals surface area contributed by atoms with E-state index in [0.717, 1.165) is 24.5 Å². The number of hydrogen-bond donors (Lipinski definition) is 0. The molecule has 0 N–H and O–H groups in total. The smallest absolute Gasteiger partial charge is 0.138 e. The Morgan fingerprint density at radius 1 is 1.42 bits per heavy atom. The molecule has 5 nitrogen and oxygen atoms in total. The first-order valence-electron chi connectivity index (χ1n) is 6.79. The third-order valence-electron chi connectivity index (χ3n) is 4.02. The zero-order valence-corrected chi connectivity index (χ0v) is 11.8. The molecule has 1 saturated heterocycles. The van der Waals surface area contributed by atoms with E-state index in [9.17, 15) is 0 Å². The van der Waals surface area contributed by atoms with Crippen molar-refractivity contribution in [3.8, 4) is 0 Å². The number of hydrogen-bond acceptors (Lipinski definition) is 4. The van der Waals surface area contributed by atoms with Crippen molar-refractivity contribution in [1.82, 2.24) is 19.8 Å². The van der Waals surface area contributed by atoms with E-state index >= 15 is 0 Å². The normalized spacial score (nSPS) is 20.3. The summed E-state index contributed by atoms with van der Waals surface area (Å²) in [6, 6.07) is 0.474. The topological polar surface area (TPSA) is 47.1 Å². The van der Waals surface area contributed by atoms with Crippen LogP contribution in [0, 0.1) is 13.8 Å². The van der Waals surface area contributed by atoms with E-state index in [1.807, 2.05) is 31.8 Å². The predicted molar refractivity (Wildman–Crippen MR) is 71.6 cm³/mol. The maximum atomic E-state index is 5.26. The molecule has 5 heteroatoms. The second kappa shape index (κ2) is 4.81. The van der Waals surface area contributed by atoms with Gasteiger partial charge in [-0.25, -0.2) is 0 Å². The van der Waals surface area contributed by atoms with Crippen LogP contribution in [0.1, 0.15) is 41.5 Å². The van der Waals surface area contributed by atoms with E-state index < -0.39 is 0 Å². The van der Waals surface area contributed by atoms with Crippen molar-refractivity contribution in [1.29, 1.82) is 0 Å². The fourth-order valence-electron chi connectivity index (χ4n) is 2.94. The highest BCUT2D eigenvalue weighted by Crippen LogP contribution is 2.33. The third kappa shape index (κ3) is 2.30. The molecule has 3 rings (SSSR count).